The number of hydrogen-bond acceptors (Lipinski definition) is 5. The maximum Gasteiger partial charge on any atom is 0.258 e. The van der Waals surface area contributed by atoms with E-state index >= 15 is 0 Å². The van der Waals surface area contributed by atoms with Crippen molar-refractivity contribution >= 4 is 17.3 Å². The van der Waals surface area contributed by atoms with E-state index in [0.29, 0.717) is 18.3 Å². The summed E-state index contributed by atoms with van der Waals surface area (Å²) in [6.45, 7) is 2.39. The fourth-order valence-electron chi connectivity index (χ4n) is 2.33. The van der Waals surface area contributed by atoms with Crippen LogP contribution in [0.3, 0.4) is 0 Å². The molecule has 0 amide bonds. The molecule has 5 nitrogen and oxygen atoms in total. The van der Waals surface area contributed by atoms with Gasteiger partial charge in [-0.3, -0.25) is 0 Å². The van der Waals surface area contributed by atoms with Gasteiger partial charge in [0.1, 0.15) is 0 Å². The normalized spacial score (nSPS) is 12.1. The molecule has 0 saturated heterocycles. The van der Waals surface area contributed by atoms with Gasteiger partial charge in [0.15, 0.2) is 0 Å². The van der Waals surface area contributed by atoms with E-state index in [-0.39, 0.29) is 5.88 Å². The second-order valence-electron chi connectivity index (χ2n) is 5.51. The van der Waals surface area contributed by atoms with Crippen molar-refractivity contribution < 1.29 is 9.63 Å². The first-order valence-electron chi connectivity index (χ1n) is 7.65. The highest BCUT2D eigenvalue weighted by molar-refractivity contribution is 6.18. The van der Waals surface area contributed by atoms with Crippen LogP contribution in [0, 0.1) is 6.92 Å². The fourth-order valence-corrected chi connectivity index (χ4v) is 2.44. The number of rotatable bonds is 6. The molecule has 6 heteroatoms. The van der Waals surface area contributed by atoms with Crippen LogP contribution >= 0.6 is 11.6 Å². The lowest BCUT2D eigenvalue weighted by Gasteiger charge is -2.10. The molecule has 0 aliphatic heterocycles. The summed E-state index contributed by atoms with van der Waals surface area (Å²) in [4.78, 5) is 4.49. The summed E-state index contributed by atoms with van der Waals surface area (Å²) in [5.74, 6) is 1.21. The third-order valence-corrected chi connectivity index (χ3v) is 4.00. The first-order valence-corrected chi connectivity index (χ1v) is 8.19. The molecule has 1 unspecified atom stereocenters. The summed E-state index contributed by atoms with van der Waals surface area (Å²) in [5, 5.41) is 16.7. The lowest BCUT2D eigenvalue weighted by Crippen LogP contribution is -2.20. The average molecular weight is 344 g/mol. The van der Waals surface area contributed by atoms with Gasteiger partial charge in [-0.15, -0.1) is 11.6 Å². The van der Waals surface area contributed by atoms with E-state index < -0.39 is 6.10 Å². The van der Waals surface area contributed by atoms with E-state index in [1.54, 1.807) is 0 Å². The zero-order valence-electron chi connectivity index (χ0n) is 13.2. The molecule has 24 heavy (non-hydrogen) atoms. The molecule has 1 heterocycles. The number of hydrogen-bond donors (Lipinski definition) is 2. The molecule has 0 fully saturated rings. The Kier molecular flexibility index (Phi) is 5.13. The van der Waals surface area contributed by atoms with Gasteiger partial charge in [0.25, 0.3) is 5.89 Å². The number of aromatic nitrogens is 2. The molecule has 1 aromatic heterocycles. The van der Waals surface area contributed by atoms with Crippen molar-refractivity contribution in [3.8, 4) is 22.8 Å². The van der Waals surface area contributed by atoms with Crippen LogP contribution in [0.2, 0.25) is 0 Å². The van der Waals surface area contributed by atoms with Gasteiger partial charge in [-0.2, -0.15) is 4.98 Å². The summed E-state index contributed by atoms with van der Waals surface area (Å²) >= 11 is 5.60. The average Bonchev–Trinajstić information content (AvgIpc) is 3.10. The van der Waals surface area contributed by atoms with Gasteiger partial charge in [-0.25, -0.2) is 0 Å². The SMILES string of the molecule is Cc1ccccc1-c1noc(-c2cccc(NCC(O)CCl)c2)n1. The van der Waals surface area contributed by atoms with Gasteiger partial charge >= 0.3 is 0 Å². The maximum atomic E-state index is 9.53. The predicted octanol–water partition coefficient (Wildman–Crippen LogP) is 3.72. The molecule has 0 saturated carbocycles. The Morgan fingerprint density at radius 1 is 1.21 bits per heavy atom. The van der Waals surface area contributed by atoms with E-state index in [1.165, 1.54) is 0 Å². The zero-order valence-corrected chi connectivity index (χ0v) is 14.0. The number of anilines is 1. The van der Waals surface area contributed by atoms with E-state index in [4.69, 9.17) is 16.1 Å². The smallest absolute Gasteiger partial charge is 0.258 e. The number of aliphatic hydroxyl groups is 1. The van der Waals surface area contributed by atoms with E-state index in [9.17, 15) is 5.11 Å². The molecule has 0 aliphatic carbocycles. The molecule has 3 rings (SSSR count). The summed E-state index contributed by atoms with van der Waals surface area (Å²) < 4.78 is 5.40. The van der Waals surface area contributed by atoms with Crippen LogP contribution in [-0.2, 0) is 0 Å². The topological polar surface area (TPSA) is 71.2 Å². The van der Waals surface area contributed by atoms with Crippen LogP contribution in [0.25, 0.3) is 22.8 Å². The lowest BCUT2D eigenvalue weighted by molar-refractivity contribution is 0.211. The van der Waals surface area contributed by atoms with Gasteiger partial charge < -0.3 is 14.9 Å². The fraction of sp³-hybridized carbons (Fsp3) is 0.222. The van der Waals surface area contributed by atoms with Crippen LogP contribution in [0.4, 0.5) is 5.69 Å². The van der Waals surface area contributed by atoms with Crippen LogP contribution in [0.15, 0.2) is 53.1 Å². The highest BCUT2D eigenvalue weighted by Crippen LogP contribution is 2.25. The molecule has 0 bridgehead atoms. The minimum Gasteiger partial charge on any atom is -0.390 e. The molecule has 1 atom stereocenters. The second kappa shape index (κ2) is 7.47. The molecule has 2 N–H and O–H groups in total. The van der Waals surface area contributed by atoms with Crippen molar-refractivity contribution in [2.45, 2.75) is 13.0 Å². The summed E-state index contributed by atoms with van der Waals surface area (Å²) in [6, 6.07) is 15.5. The minimum atomic E-state index is -0.591. The molecule has 3 aromatic rings. The standard InChI is InChI=1S/C18H18ClN3O2/c1-12-5-2-3-8-16(12)17-21-18(24-22-17)13-6-4-7-14(9-13)20-11-15(23)10-19/h2-9,15,20,23H,10-11H2,1H3. The van der Waals surface area contributed by atoms with E-state index in [2.05, 4.69) is 15.5 Å². The first kappa shape index (κ1) is 16.5. The van der Waals surface area contributed by atoms with Crippen LogP contribution < -0.4 is 5.32 Å². The molecule has 124 valence electrons. The Morgan fingerprint density at radius 2 is 2.04 bits per heavy atom. The Balaban J connectivity index is 1.81. The number of halogens is 1. The lowest BCUT2D eigenvalue weighted by atomic mass is 10.1. The highest BCUT2D eigenvalue weighted by atomic mass is 35.5. The minimum absolute atomic E-state index is 0.191. The monoisotopic (exact) mass is 343 g/mol. The molecular weight excluding hydrogens is 326 g/mol. The Hall–Kier alpha value is -2.37. The van der Waals surface area contributed by atoms with E-state index in [0.717, 1.165) is 22.4 Å². The van der Waals surface area contributed by atoms with Gasteiger partial charge in [0.2, 0.25) is 5.82 Å². The Labute approximate surface area is 145 Å². The summed E-state index contributed by atoms with van der Waals surface area (Å²) in [5.41, 5.74) is 3.71. The zero-order chi connectivity index (χ0) is 16.9. The molecule has 0 spiro atoms. The molecule has 0 aliphatic rings. The van der Waals surface area contributed by atoms with E-state index in [1.807, 2.05) is 55.5 Å². The van der Waals surface area contributed by atoms with Gasteiger partial charge in [-0.05, 0) is 30.7 Å². The van der Waals surface area contributed by atoms with Crippen LogP contribution in [0.5, 0.6) is 0 Å². The summed E-state index contributed by atoms with van der Waals surface area (Å²) in [7, 11) is 0. The number of nitrogens with zero attached hydrogens (tertiary/aromatic N) is 2. The maximum absolute atomic E-state index is 9.53. The Bertz CT molecular complexity index is 819. The van der Waals surface area contributed by atoms with Crippen molar-refractivity contribution in [3.63, 3.8) is 0 Å². The largest absolute Gasteiger partial charge is 0.390 e. The quantitative estimate of drug-likeness (QED) is 0.667. The van der Waals surface area contributed by atoms with Crippen molar-refractivity contribution in [2.24, 2.45) is 0 Å². The predicted molar refractivity (Wildman–Crippen MR) is 95.1 cm³/mol. The number of nitrogens with one attached hydrogen (secondary N) is 1. The van der Waals surface area contributed by atoms with Crippen molar-refractivity contribution in [3.05, 3.63) is 54.1 Å². The van der Waals surface area contributed by atoms with Crippen molar-refractivity contribution in [1.82, 2.24) is 10.1 Å². The van der Waals surface area contributed by atoms with Gasteiger partial charge in [-0.1, -0.05) is 35.5 Å². The number of benzene rings is 2. The first-order chi connectivity index (χ1) is 11.7. The number of alkyl halides is 1. The molecular formula is C18H18ClN3O2. The highest BCUT2D eigenvalue weighted by Gasteiger charge is 2.12. The second-order valence-corrected chi connectivity index (χ2v) is 5.82. The van der Waals surface area contributed by atoms with Crippen molar-refractivity contribution in [2.75, 3.05) is 17.7 Å². The molecule has 0 radical (unpaired) electrons. The number of aryl methyl sites for hydroxylation is 1. The number of aliphatic hydroxyl groups excluding tert-OH is 1. The van der Waals surface area contributed by atoms with Gasteiger partial charge in [0.05, 0.1) is 12.0 Å². The third kappa shape index (κ3) is 3.75. The van der Waals surface area contributed by atoms with Gasteiger partial charge in [0, 0.05) is 23.4 Å². The third-order valence-electron chi connectivity index (χ3n) is 3.64. The van der Waals surface area contributed by atoms with Crippen LogP contribution in [-0.4, -0.2) is 33.8 Å². The molecule has 2 aromatic carbocycles. The summed E-state index contributed by atoms with van der Waals surface area (Å²) in [6.07, 6.45) is -0.591. The van der Waals surface area contributed by atoms with Crippen LogP contribution in [0.1, 0.15) is 5.56 Å². The van der Waals surface area contributed by atoms with Crippen molar-refractivity contribution in [1.29, 1.82) is 0 Å². The Morgan fingerprint density at radius 3 is 2.83 bits per heavy atom.